The lowest BCUT2D eigenvalue weighted by molar-refractivity contribution is -0.207. The third kappa shape index (κ3) is 4.89. The molecule has 2 aromatic rings. The Hall–Kier alpha value is -3.11. The number of fused-ring (bicyclic) bond motifs is 1. The zero-order chi connectivity index (χ0) is 27.6. The Bertz CT molecular complexity index is 1310. The van der Waals surface area contributed by atoms with E-state index in [1.807, 2.05) is 6.92 Å². The molecular weight excluding hydrogens is 511 g/mol. The van der Waals surface area contributed by atoms with Crippen LogP contribution < -0.4 is 10.6 Å². The number of rotatable bonds is 7. The van der Waals surface area contributed by atoms with E-state index in [9.17, 15) is 27.6 Å². The number of carbonyl (C=O) groups excluding carboxylic acids is 3. The third-order valence-electron chi connectivity index (χ3n) is 9.16. The summed E-state index contributed by atoms with van der Waals surface area (Å²) in [4.78, 5) is 49.2. The zero-order valence-electron chi connectivity index (χ0n) is 22.0. The normalized spacial score (nSPS) is 25.4. The SMILES string of the molecule is CC1CCCCN1C(=O)CC(NC(=O)C1CC2(C1)CC(F)(F)C2)C(=O)NC1(c2nc3cccc(F)c3[nH]2)CC1. The summed E-state index contributed by atoms with van der Waals surface area (Å²) in [6.45, 7) is 2.59. The number of nitrogens with one attached hydrogen (secondary N) is 3. The molecule has 2 atom stereocenters. The summed E-state index contributed by atoms with van der Waals surface area (Å²) in [6.07, 6.45) is 4.13. The van der Waals surface area contributed by atoms with Crippen LogP contribution in [0.2, 0.25) is 0 Å². The lowest BCUT2D eigenvalue weighted by Gasteiger charge is -2.56. The Balaban J connectivity index is 1.16. The largest absolute Gasteiger partial charge is 0.344 e. The van der Waals surface area contributed by atoms with E-state index in [1.54, 1.807) is 17.0 Å². The van der Waals surface area contributed by atoms with Gasteiger partial charge in [-0.2, -0.15) is 0 Å². The maximum atomic E-state index is 14.2. The van der Waals surface area contributed by atoms with E-state index in [4.69, 9.17) is 0 Å². The molecule has 1 saturated heterocycles. The summed E-state index contributed by atoms with van der Waals surface area (Å²) in [5.41, 5.74) is -0.597. The van der Waals surface area contributed by atoms with Crippen molar-refractivity contribution in [2.75, 3.05) is 6.54 Å². The number of piperidine rings is 1. The van der Waals surface area contributed by atoms with Gasteiger partial charge in [-0.05, 0) is 69.4 Å². The molecule has 4 fully saturated rings. The molecule has 3 saturated carbocycles. The summed E-state index contributed by atoms with van der Waals surface area (Å²) >= 11 is 0. The number of likely N-dealkylation sites (tertiary alicyclic amines) is 1. The maximum absolute atomic E-state index is 14.2. The van der Waals surface area contributed by atoms with Gasteiger partial charge in [0.1, 0.15) is 23.2 Å². The van der Waals surface area contributed by atoms with Crippen molar-refractivity contribution in [3.05, 3.63) is 29.8 Å². The van der Waals surface area contributed by atoms with Crippen LogP contribution in [0.1, 0.15) is 77.0 Å². The number of hydrogen-bond donors (Lipinski definition) is 3. The quantitative estimate of drug-likeness (QED) is 0.491. The van der Waals surface area contributed by atoms with E-state index in [-0.39, 0.29) is 42.6 Å². The number of halogens is 3. The second-order valence-corrected chi connectivity index (χ2v) is 12.3. The number of H-pyrrole nitrogens is 1. The highest BCUT2D eigenvalue weighted by Crippen LogP contribution is 2.64. The van der Waals surface area contributed by atoms with E-state index in [0.717, 1.165) is 19.3 Å². The number of alkyl halides is 2. The van der Waals surface area contributed by atoms with Gasteiger partial charge in [0.15, 0.2) is 0 Å². The van der Waals surface area contributed by atoms with E-state index in [0.29, 0.717) is 43.6 Å². The van der Waals surface area contributed by atoms with Crippen LogP contribution in [-0.4, -0.2) is 57.1 Å². The number of carbonyl (C=O) groups is 3. The lowest BCUT2D eigenvalue weighted by Crippen LogP contribution is -2.59. The van der Waals surface area contributed by atoms with E-state index >= 15 is 0 Å². The number of hydrogen-bond acceptors (Lipinski definition) is 4. The number of imidazole rings is 1. The van der Waals surface area contributed by atoms with Crippen LogP contribution in [0.5, 0.6) is 0 Å². The molecule has 1 aromatic heterocycles. The molecule has 2 unspecified atom stereocenters. The third-order valence-corrected chi connectivity index (χ3v) is 9.16. The molecule has 39 heavy (non-hydrogen) atoms. The number of amides is 3. The smallest absolute Gasteiger partial charge is 0.249 e. The van der Waals surface area contributed by atoms with Crippen molar-refractivity contribution in [3.8, 4) is 0 Å². The molecule has 2 heterocycles. The number of benzene rings is 1. The van der Waals surface area contributed by atoms with Crippen molar-refractivity contribution in [3.63, 3.8) is 0 Å². The summed E-state index contributed by atoms with van der Waals surface area (Å²) in [7, 11) is 0. The highest BCUT2D eigenvalue weighted by Gasteiger charge is 2.63. The average molecular weight is 546 g/mol. The number of aromatic nitrogens is 2. The van der Waals surface area contributed by atoms with Crippen molar-refractivity contribution >= 4 is 28.8 Å². The number of aromatic amines is 1. The van der Waals surface area contributed by atoms with E-state index < -0.39 is 40.6 Å². The predicted molar refractivity (Wildman–Crippen MR) is 136 cm³/mol. The zero-order valence-corrected chi connectivity index (χ0v) is 22.0. The van der Waals surface area contributed by atoms with Crippen LogP contribution >= 0.6 is 0 Å². The second-order valence-electron chi connectivity index (χ2n) is 12.3. The van der Waals surface area contributed by atoms with Gasteiger partial charge in [0.05, 0.1) is 17.5 Å². The van der Waals surface area contributed by atoms with Gasteiger partial charge in [-0.1, -0.05) is 6.07 Å². The Morgan fingerprint density at radius 1 is 1.18 bits per heavy atom. The molecule has 1 aliphatic heterocycles. The van der Waals surface area contributed by atoms with E-state index in [2.05, 4.69) is 20.6 Å². The molecular formula is C28H34F3N5O3. The van der Waals surface area contributed by atoms with Gasteiger partial charge in [0.25, 0.3) is 0 Å². The Morgan fingerprint density at radius 3 is 2.56 bits per heavy atom. The van der Waals surface area contributed by atoms with Gasteiger partial charge in [0, 0.05) is 31.3 Å². The first kappa shape index (κ1) is 26.1. The highest BCUT2D eigenvalue weighted by atomic mass is 19.3. The summed E-state index contributed by atoms with van der Waals surface area (Å²) in [5, 5.41) is 5.74. The summed E-state index contributed by atoms with van der Waals surface area (Å²) in [5.74, 6) is -4.21. The first-order chi connectivity index (χ1) is 18.5. The molecule has 8 nitrogen and oxygen atoms in total. The van der Waals surface area contributed by atoms with Crippen LogP contribution in [0.25, 0.3) is 11.0 Å². The molecule has 1 spiro atoms. The molecule has 210 valence electrons. The van der Waals surface area contributed by atoms with Crippen molar-refractivity contribution in [1.29, 1.82) is 0 Å². The van der Waals surface area contributed by atoms with E-state index in [1.165, 1.54) is 6.07 Å². The molecule has 3 N–H and O–H groups in total. The topological polar surface area (TPSA) is 107 Å². The van der Waals surface area contributed by atoms with Gasteiger partial charge in [0.2, 0.25) is 23.6 Å². The highest BCUT2D eigenvalue weighted by molar-refractivity contribution is 5.93. The molecule has 3 amide bonds. The van der Waals surface area contributed by atoms with Crippen molar-refractivity contribution in [2.24, 2.45) is 11.3 Å². The first-order valence-electron chi connectivity index (χ1n) is 13.9. The van der Waals surface area contributed by atoms with Gasteiger partial charge >= 0.3 is 0 Å². The monoisotopic (exact) mass is 545 g/mol. The fourth-order valence-electron chi connectivity index (χ4n) is 6.86. The average Bonchev–Trinajstić information content (AvgIpc) is 3.47. The van der Waals surface area contributed by atoms with Crippen LogP contribution in [-0.2, 0) is 19.9 Å². The van der Waals surface area contributed by atoms with Crippen LogP contribution in [0.15, 0.2) is 18.2 Å². The van der Waals surface area contributed by atoms with Crippen molar-refractivity contribution in [2.45, 2.75) is 94.7 Å². The predicted octanol–water partition coefficient (Wildman–Crippen LogP) is 3.91. The molecule has 6 rings (SSSR count). The molecule has 3 aliphatic carbocycles. The van der Waals surface area contributed by atoms with Gasteiger partial charge < -0.3 is 20.5 Å². The summed E-state index contributed by atoms with van der Waals surface area (Å²) in [6, 6.07) is 3.52. The molecule has 0 radical (unpaired) electrons. The number of para-hydroxylation sites is 1. The van der Waals surface area contributed by atoms with Crippen molar-refractivity contribution in [1.82, 2.24) is 25.5 Å². The Labute approximate surface area is 224 Å². The van der Waals surface area contributed by atoms with Gasteiger partial charge in [-0.15, -0.1) is 0 Å². The molecule has 0 bridgehead atoms. The maximum Gasteiger partial charge on any atom is 0.249 e. The summed E-state index contributed by atoms with van der Waals surface area (Å²) < 4.78 is 41.1. The molecule has 1 aromatic carbocycles. The van der Waals surface area contributed by atoms with Gasteiger partial charge in [-0.3, -0.25) is 14.4 Å². The van der Waals surface area contributed by atoms with Crippen LogP contribution in [0.4, 0.5) is 13.2 Å². The standard InChI is InChI=1S/C28H34F3N5O3/c1-16-5-2-3-10-36(16)21(37)11-20(32-23(38)17-12-26(13-17)14-28(30,31)15-26)24(39)35-27(8-9-27)25-33-19-7-4-6-18(29)22(19)34-25/h4,6-7,16-17,20H,2-3,5,8-15H2,1H3,(H,32,38)(H,33,34)(H,35,39). The number of nitrogens with zero attached hydrogens (tertiary/aromatic N) is 2. The minimum atomic E-state index is -2.65. The lowest BCUT2D eigenvalue weighted by atomic mass is 9.50. The van der Waals surface area contributed by atoms with Crippen LogP contribution in [0.3, 0.4) is 0 Å². The first-order valence-corrected chi connectivity index (χ1v) is 13.9. The molecule has 4 aliphatic rings. The second kappa shape index (κ2) is 9.23. The Morgan fingerprint density at radius 2 is 1.92 bits per heavy atom. The van der Waals surface area contributed by atoms with Crippen molar-refractivity contribution < 1.29 is 27.6 Å². The minimum Gasteiger partial charge on any atom is -0.344 e. The minimum absolute atomic E-state index is 0.0534. The van der Waals surface area contributed by atoms with Gasteiger partial charge in [-0.25, -0.2) is 18.2 Å². The Kier molecular flexibility index (Phi) is 6.18. The fourth-order valence-corrected chi connectivity index (χ4v) is 6.86. The van der Waals surface area contributed by atoms with Crippen LogP contribution in [0, 0.1) is 17.2 Å². The molecule has 11 heteroatoms. The fraction of sp³-hybridized carbons (Fsp3) is 0.643.